The Labute approximate surface area is 189 Å². The van der Waals surface area contributed by atoms with Crippen LogP contribution in [0.15, 0.2) is 11.2 Å². The van der Waals surface area contributed by atoms with E-state index in [0.717, 1.165) is 35.1 Å². The van der Waals surface area contributed by atoms with E-state index in [-0.39, 0.29) is 23.9 Å². The van der Waals surface area contributed by atoms with Gasteiger partial charge in [-0.2, -0.15) is 0 Å². The van der Waals surface area contributed by atoms with E-state index in [0.29, 0.717) is 17.7 Å². The SMILES string of the molecule is CO/N=C1\CC23C(=O)OC(CC2C)C2Cc4c(C)cc(C(=O)OC)c1c4C23O[Si](C)(C)C. The number of esters is 2. The van der Waals surface area contributed by atoms with Crippen molar-refractivity contribution in [2.45, 2.75) is 64.5 Å². The van der Waals surface area contributed by atoms with Crippen LogP contribution in [0.1, 0.15) is 52.4 Å². The number of hydrogen-bond acceptors (Lipinski definition) is 7. The fraction of sp³-hybridized carbons (Fsp3) is 0.625. The average Bonchev–Trinajstić information content (AvgIpc) is 3.04. The zero-order chi connectivity index (χ0) is 23.2. The van der Waals surface area contributed by atoms with Gasteiger partial charge in [-0.1, -0.05) is 12.1 Å². The molecule has 2 aliphatic heterocycles. The molecule has 0 N–H and O–H groups in total. The minimum atomic E-state index is -2.15. The van der Waals surface area contributed by atoms with Crippen LogP contribution in [0, 0.1) is 24.2 Å². The van der Waals surface area contributed by atoms with Crippen molar-refractivity contribution in [3.05, 3.63) is 33.9 Å². The van der Waals surface area contributed by atoms with Crippen LogP contribution in [0.5, 0.6) is 0 Å². The molecule has 0 amide bonds. The van der Waals surface area contributed by atoms with Gasteiger partial charge in [-0.15, -0.1) is 0 Å². The lowest BCUT2D eigenvalue weighted by atomic mass is 9.47. The van der Waals surface area contributed by atoms with Gasteiger partial charge >= 0.3 is 11.9 Å². The second-order valence-corrected chi connectivity index (χ2v) is 15.1. The standard InChI is InChI=1S/C24H31NO6Si/c1-12-8-15(21(26)28-3)19-17(25-29-4)11-23-13(2)9-18(30-22(23)27)16-10-14(12)20(19)24(16,23)31-32(5,6)7/h8,13,16,18H,9-11H2,1-7H3/b25-17+. The Hall–Kier alpha value is -2.19. The van der Waals surface area contributed by atoms with Gasteiger partial charge in [0.15, 0.2) is 8.32 Å². The van der Waals surface area contributed by atoms with Gasteiger partial charge in [0.1, 0.15) is 24.2 Å². The highest BCUT2D eigenvalue weighted by Crippen LogP contribution is 2.71. The van der Waals surface area contributed by atoms with Gasteiger partial charge in [0, 0.05) is 17.9 Å². The van der Waals surface area contributed by atoms with Crippen LogP contribution in [-0.4, -0.2) is 46.3 Å². The van der Waals surface area contributed by atoms with E-state index >= 15 is 0 Å². The van der Waals surface area contributed by atoms with E-state index < -0.39 is 25.3 Å². The first-order chi connectivity index (χ1) is 15.0. The molecule has 3 aliphatic carbocycles. The van der Waals surface area contributed by atoms with Crippen LogP contribution < -0.4 is 0 Å². The van der Waals surface area contributed by atoms with Crippen LogP contribution in [-0.2, 0) is 35.6 Å². The first-order valence-corrected chi connectivity index (χ1v) is 14.7. The Bertz CT molecular complexity index is 1080. The van der Waals surface area contributed by atoms with Crippen LogP contribution >= 0.6 is 0 Å². The van der Waals surface area contributed by atoms with Crippen LogP contribution in [0.25, 0.3) is 0 Å². The molecule has 2 heterocycles. The number of benzene rings is 1. The lowest BCUT2D eigenvalue weighted by molar-refractivity contribution is -0.263. The Morgan fingerprint density at radius 1 is 1.28 bits per heavy atom. The summed E-state index contributed by atoms with van der Waals surface area (Å²) in [6, 6.07) is 1.89. The molecule has 5 atom stereocenters. The Morgan fingerprint density at radius 3 is 2.59 bits per heavy atom. The molecule has 2 saturated heterocycles. The van der Waals surface area contributed by atoms with Gasteiger partial charge in [-0.25, -0.2) is 4.79 Å². The highest BCUT2D eigenvalue weighted by molar-refractivity contribution is 6.69. The highest BCUT2D eigenvalue weighted by Gasteiger charge is 2.78. The Kier molecular flexibility index (Phi) is 4.51. The fourth-order valence-electron chi connectivity index (χ4n) is 7.02. The zero-order valence-corrected chi connectivity index (χ0v) is 20.8. The van der Waals surface area contributed by atoms with Crippen molar-refractivity contribution in [1.82, 2.24) is 0 Å². The minimum absolute atomic E-state index is 0.0209. The van der Waals surface area contributed by atoms with Gasteiger partial charge in [0.2, 0.25) is 0 Å². The summed E-state index contributed by atoms with van der Waals surface area (Å²) >= 11 is 0. The summed E-state index contributed by atoms with van der Waals surface area (Å²) in [5.41, 5.74) is 3.12. The van der Waals surface area contributed by atoms with Gasteiger partial charge in [0.25, 0.3) is 0 Å². The maximum atomic E-state index is 13.7. The molecule has 8 heteroatoms. The number of fused-ring (bicyclic) bond motifs is 2. The topological polar surface area (TPSA) is 83.4 Å². The molecule has 7 nitrogen and oxygen atoms in total. The number of methoxy groups -OCH3 is 1. The Balaban J connectivity index is 1.95. The van der Waals surface area contributed by atoms with E-state index in [1.54, 1.807) is 0 Å². The van der Waals surface area contributed by atoms with Crippen LogP contribution in [0.4, 0.5) is 0 Å². The predicted molar refractivity (Wildman–Crippen MR) is 120 cm³/mol. The number of carbonyl (C=O) groups excluding carboxylic acids is 2. The molecular formula is C24H31NO6Si. The largest absolute Gasteiger partial charge is 0.465 e. The summed E-state index contributed by atoms with van der Waals surface area (Å²) < 4.78 is 18.4. The second-order valence-electron chi connectivity index (χ2n) is 10.7. The number of hydrogen-bond donors (Lipinski definition) is 0. The molecule has 1 aromatic rings. The molecule has 0 radical (unpaired) electrons. The molecule has 2 bridgehead atoms. The van der Waals surface area contributed by atoms with Crippen molar-refractivity contribution in [1.29, 1.82) is 0 Å². The molecule has 1 spiro atoms. The van der Waals surface area contributed by atoms with Crippen molar-refractivity contribution in [2.75, 3.05) is 14.2 Å². The van der Waals surface area contributed by atoms with Gasteiger partial charge in [0.05, 0.1) is 18.4 Å². The maximum Gasteiger partial charge on any atom is 0.338 e. The second kappa shape index (κ2) is 6.67. The average molecular weight is 458 g/mol. The Morgan fingerprint density at radius 2 is 2.00 bits per heavy atom. The van der Waals surface area contributed by atoms with Crippen molar-refractivity contribution in [2.24, 2.45) is 22.4 Å². The predicted octanol–water partition coefficient (Wildman–Crippen LogP) is 3.71. The third kappa shape index (κ3) is 2.42. The zero-order valence-electron chi connectivity index (χ0n) is 19.8. The third-order valence-corrected chi connectivity index (χ3v) is 8.88. The number of carbonyl (C=O) groups is 2. The van der Waals surface area contributed by atoms with Crippen LogP contribution in [0.2, 0.25) is 19.6 Å². The van der Waals surface area contributed by atoms with Gasteiger partial charge in [-0.3, -0.25) is 4.79 Å². The molecular weight excluding hydrogens is 426 g/mol. The lowest BCUT2D eigenvalue weighted by Gasteiger charge is -2.65. The number of ether oxygens (including phenoxy) is 2. The summed E-state index contributed by atoms with van der Waals surface area (Å²) in [5, 5.41) is 4.35. The monoisotopic (exact) mass is 457 g/mol. The summed E-state index contributed by atoms with van der Waals surface area (Å²) in [4.78, 5) is 31.9. The summed E-state index contributed by atoms with van der Waals surface area (Å²) in [5.74, 6) is -0.565. The molecule has 5 unspecified atom stereocenters. The lowest BCUT2D eigenvalue weighted by Crippen LogP contribution is -2.73. The first kappa shape index (κ1) is 21.6. The smallest absolute Gasteiger partial charge is 0.338 e. The molecule has 172 valence electrons. The van der Waals surface area contributed by atoms with Gasteiger partial charge in [-0.05, 0) is 68.1 Å². The third-order valence-electron chi connectivity index (χ3n) is 7.95. The quantitative estimate of drug-likeness (QED) is 0.389. The number of aryl methyl sites for hydroxylation is 1. The maximum absolute atomic E-state index is 13.7. The van der Waals surface area contributed by atoms with E-state index in [9.17, 15) is 9.59 Å². The summed E-state index contributed by atoms with van der Waals surface area (Å²) in [6.07, 6.45) is 1.68. The molecule has 1 saturated carbocycles. The summed E-state index contributed by atoms with van der Waals surface area (Å²) in [7, 11) is 0.722. The van der Waals surface area contributed by atoms with E-state index in [4.69, 9.17) is 18.7 Å². The molecule has 32 heavy (non-hydrogen) atoms. The van der Waals surface area contributed by atoms with Gasteiger partial charge < -0.3 is 18.7 Å². The van der Waals surface area contributed by atoms with E-state index in [1.807, 2.05) is 13.0 Å². The first-order valence-electron chi connectivity index (χ1n) is 11.3. The minimum Gasteiger partial charge on any atom is -0.465 e. The highest BCUT2D eigenvalue weighted by atomic mass is 28.4. The van der Waals surface area contributed by atoms with Crippen LogP contribution in [0.3, 0.4) is 0 Å². The normalized spacial score (nSPS) is 35.5. The van der Waals surface area contributed by atoms with E-state index in [1.165, 1.54) is 14.2 Å². The van der Waals surface area contributed by atoms with Crippen molar-refractivity contribution >= 4 is 26.0 Å². The fourth-order valence-corrected chi connectivity index (χ4v) is 8.42. The molecule has 3 fully saturated rings. The number of rotatable bonds is 4. The summed E-state index contributed by atoms with van der Waals surface area (Å²) in [6.45, 7) is 10.6. The van der Waals surface area contributed by atoms with Crippen molar-refractivity contribution in [3.8, 4) is 0 Å². The van der Waals surface area contributed by atoms with Crippen molar-refractivity contribution in [3.63, 3.8) is 0 Å². The van der Waals surface area contributed by atoms with E-state index in [2.05, 4.69) is 31.7 Å². The molecule has 5 aliphatic rings. The molecule has 0 aromatic heterocycles. The number of nitrogens with zero attached hydrogens (tertiary/aromatic N) is 1. The molecule has 6 rings (SSSR count). The van der Waals surface area contributed by atoms with Crippen molar-refractivity contribution < 1.29 is 28.3 Å². The number of oxime groups is 1. The molecule has 1 aromatic carbocycles.